The number of hydrogen-bond acceptors (Lipinski definition) is 4. The number of nitro groups is 1. The van der Waals surface area contributed by atoms with E-state index in [2.05, 4.69) is 47.4 Å². The van der Waals surface area contributed by atoms with Gasteiger partial charge < -0.3 is 4.74 Å². The molecule has 0 spiro atoms. The lowest BCUT2D eigenvalue weighted by molar-refractivity contribution is -0.385. The summed E-state index contributed by atoms with van der Waals surface area (Å²) in [6.45, 7) is 1.74. The first-order valence-electron chi connectivity index (χ1n) is 9.69. The van der Waals surface area contributed by atoms with Crippen molar-refractivity contribution >= 4 is 5.69 Å². The van der Waals surface area contributed by atoms with Crippen LogP contribution in [0.3, 0.4) is 0 Å². The quantitative estimate of drug-likeness (QED) is 0.264. The van der Waals surface area contributed by atoms with E-state index in [1.165, 1.54) is 40.1 Å². The molecule has 0 aliphatic heterocycles. The van der Waals surface area contributed by atoms with Crippen LogP contribution in [0.25, 0.3) is 22.3 Å². The zero-order valence-electron chi connectivity index (χ0n) is 16.3. The molecule has 0 fully saturated rings. The van der Waals surface area contributed by atoms with Gasteiger partial charge in [-0.3, -0.25) is 10.1 Å². The van der Waals surface area contributed by atoms with Crippen molar-refractivity contribution in [3.63, 3.8) is 0 Å². The van der Waals surface area contributed by atoms with Gasteiger partial charge in [-0.1, -0.05) is 54.6 Å². The minimum absolute atomic E-state index is 0.0471. The normalized spacial score (nSPS) is 11.6. The van der Waals surface area contributed by atoms with Gasteiger partial charge in [0.1, 0.15) is 11.9 Å². The number of pyridine rings is 1. The molecule has 1 aliphatic rings. The predicted octanol–water partition coefficient (Wildman–Crippen LogP) is 6.33. The summed E-state index contributed by atoms with van der Waals surface area (Å²) in [6, 6.07) is 24.3. The zero-order chi connectivity index (χ0) is 20.7. The van der Waals surface area contributed by atoms with Gasteiger partial charge in [0.2, 0.25) is 5.88 Å². The summed E-state index contributed by atoms with van der Waals surface area (Å²) in [6.07, 6.45) is 2.15. The largest absolute Gasteiger partial charge is 0.439 e. The van der Waals surface area contributed by atoms with Gasteiger partial charge in [-0.15, -0.1) is 0 Å². The summed E-state index contributed by atoms with van der Waals surface area (Å²) < 4.78 is 5.84. The lowest BCUT2D eigenvalue weighted by Crippen LogP contribution is -1.95. The van der Waals surface area contributed by atoms with E-state index < -0.39 is 4.92 Å². The summed E-state index contributed by atoms with van der Waals surface area (Å²) in [5, 5.41) is 10.9. The molecule has 5 nitrogen and oxygen atoms in total. The van der Waals surface area contributed by atoms with Gasteiger partial charge in [-0.25, -0.2) is 4.98 Å². The van der Waals surface area contributed by atoms with E-state index in [9.17, 15) is 10.1 Å². The van der Waals surface area contributed by atoms with Crippen LogP contribution in [0.2, 0.25) is 0 Å². The van der Waals surface area contributed by atoms with Crippen LogP contribution in [0.4, 0.5) is 5.69 Å². The fraction of sp³-hybridized carbons (Fsp3) is 0.0800. The molecule has 0 saturated heterocycles. The van der Waals surface area contributed by atoms with Gasteiger partial charge in [-0.2, -0.15) is 0 Å². The summed E-state index contributed by atoms with van der Waals surface area (Å²) in [7, 11) is 0. The van der Waals surface area contributed by atoms with Crippen LogP contribution in [-0.2, 0) is 6.42 Å². The Morgan fingerprint density at radius 1 is 0.933 bits per heavy atom. The standard InChI is InChI=1S/C25H18N2O3/c1-16-13-19(27(28)29)15-26-25(16)30-20-11-9-17(10-12-20)21-7-4-8-23-22-6-3-2-5-18(22)14-24(21)23/h2-13,15H,14H2,1H3. The average molecular weight is 394 g/mol. The maximum atomic E-state index is 10.9. The molecule has 5 rings (SSSR count). The van der Waals surface area contributed by atoms with Gasteiger partial charge in [0.15, 0.2) is 0 Å². The number of aromatic nitrogens is 1. The number of nitrogens with zero attached hydrogens (tertiary/aromatic N) is 2. The molecule has 146 valence electrons. The molecule has 5 heteroatoms. The van der Waals surface area contributed by atoms with Gasteiger partial charge >= 0.3 is 0 Å². The molecule has 0 saturated carbocycles. The van der Waals surface area contributed by atoms with Gasteiger partial charge in [0.25, 0.3) is 5.69 Å². The fourth-order valence-corrected chi connectivity index (χ4v) is 4.00. The molecule has 4 aromatic rings. The van der Waals surface area contributed by atoms with Crippen LogP contribution >= 0.6 is 0 Å². The molecule has 0 amide bonds. The van der Waals surface area contributed by atoms with E-state index in [0.717, 1.165) is 12.0 Å². The maximum Gasteiger partial charge on any atom is 0.288 e. The van der Waals surface area contributed by atoms with E-state index in [4.69, 9.17) is 4.74 Å². The number of aryl methyl sites for hydroxylation is 1. The lowest BCUT2D eigenvalue weighted by Gasteiger charge is -2.11. The van der Waals surface area contributed by atoms with Gasteiger partial charge in [-0.05, 0) is 58.9 Å². The molecule has 0 N–H and O–H groups in total. The first-order valence-corrected chi connectivity index (χ1v) is 9.69. The molecular weight excluding hydrogens is 376 g/mol. The van der Waals surface area contributed by atoms with Crippen molar-refractivity contribution in [2.24, 2.45) is 0 Å². The Bertz CT molecular complexity index is 1280. The Morgan fingerprint density at radius 3 is 2.43 bits per heavy atom. The molecule has 1 aliphatic carbocycles. The molecule has 30 heavy (non-hydrogen) atoms. The highest BCUT2D eigenvalue weighted by molar-refractivity contribution is 5.84. The monoisotopic (exact) mass is 394 g/mol. The molecule has 1 aromatic heterocycles. The van der Waals surface area contributed by atoms with Crippen LogP contribution in [0, 0.1) is 17.0 Å². The van der Waals surface area contributed by atoms with Gasteiger partial charge in [0.05, 0.1) is 4.92 Å². The Balaban J connectivity index is 1.43. The average Bonchev–Trinajstić information content (AvgIpc) is 3.14. The Labute approximate surface area is 173 Å². The number of hydrogen-bond donors (Lipinski definition) is 0. The second-order valence-corrected chi connectivity index (χ2v) is 7.36. The molecular formula is C25H18N2O3. The van der Waals surface area contributed by atoms with E-state index in [1.807, 2.05) is 24.3 Å². The molecule has 3 aromatic carbocycles. The van der Waals surface area contributed by atoms with E-state index in [0.29, 0.717) is 17.2 Å². The molecule has 1 heterocycles. The molecule has 0 radical (unpaired) electrons. The third kappa shape index (κ3) is 3.10. The first kappa shape index (κ1) is 18.1. The van der Waals surface area contributed by atoms with Gasteiger partial charge in [0, 0.05) is 11.6 Å². The number of benzene rings is 3. The molecule has 0 unspecified atom stereocenters. The van der Waals surface area contributed by atoms with Crippen LogP contribution < -0.4 is 4.74 Å². The van der Waals surface area contributed by atoms with Crippen molar-refractivity contribution in [2.45, 2.75) is 13.3 Å². The van der Waals surface area contributed by atoms with Crippen LogP contribution in [0.1, 0.15) is 16.7 Å². The first-order chi connectivity index (χ1) is 14.6. The van der Waals surface area contributed by atoms with Crippen LogP contribution in [0.5, 0.6) is 11.6 Å². The maximum absolute atomic E-state index is 10.9. The van der Waals surface area contributed by atoms with Crippen molar-refractivity contribution < 1.29 is 9.66 Å². The van der Waals surface area contributed by atoms with Crippen molar-refractivity contribution in [3.8, 4) is 33.9 Å². The van der Waals surface area contributed by atoms with Crippen LogP contribution in [-0.4, -0.2) is 9.91 Å². The molecule has 0 atom stereocenters. The highest BCUT2D eigenvalue weighted by Gasteiger charge is 2.21. The van der Waals surface area contributed by atoms with E-state index in [-0.39, 0.29) is 5.69 Å². The minimum atomic E-state index is -0.463. The highest BCUT2D eigenvalue weighted by atomic mass is 16.6. The number of fused-ring (bicyclic) bond motifs is 3. The van der Waals surface area contributed by atoms with Crippen LogP contribution in [0.15, 0.2) is 79.0 Å². The zero-order valence-corrected chi connectivity index (χ0v) is 16.3. The Hall–Kier alpha value is -3.99. The van der Waals surface area contributed by atoms with Crippen molar-refractivity contribution in [3.05, 3.63) is 106 Å². The summed E-state index contributed by atoms with van der Waals surface area (Å²) in [5.41, 5.74) is 8.24. The van der Waals surface area contributed by atoms with Crippen molar-refractivity contribution in [1.82, 2.24) is 4.98 Å². The van der Waals surface area contributed by atoms with Crippen molar-refractivity contribution in [1.29, 1.82) is 0 Å². The minimum Gasteiger partial charge on any atom is -0.439 e. The Kier molecular flexibility index (Phi) is 4.29. The summed E-state index contributed by atoms with van der Waals surface area (Å²) in [5.74, 6) is 1.00. The summed E-state index contributed by atoms with van der Waals surface area (Å²) >= 11 is 0. The summed E-state index contributed by atoms with van der Waals surface area (Å²) in [4.78, 5) is 14.5. The predicted molar refractivity (Wildman–Crippen MR) is 116 cm³/mol. The SMILES string of the molecule is Cc1cc([N+](=O)[O-])cnc1Oc1ccc(-c2cccc3c2Cc2ccccc2-3)cc1. The fourth-order valence-electron chi connectivity index (χ4n) is 4.00. The number of ether oxygens (including phenoxy) is 1. The second-order valence-electron chi connectivity index (χ2n) is 7.36. The smallest absolute Gasteiger partial charge is 0.288 e. The van der Waals surface area contributed by atoms with E-state index in [1.54, 1.807) is 6.92 Å². The number of rotatable bonds is 4. The second kappa shape index (κ2) is 7.12. The molecule has 0 bridgehead atoms. The topological polar surface area (TPSA) is 65.3 Å². The third-order valence-electron chi connectivity index (χ3n) is 5.46. The van der Waals surface area contributed by atoms with Crippen molar-refractivity contribution in [2.75, 3.05) is 0 Å². The highest BCUT2D eigenvalue weighted by Crippen LogP contribution is 2.41. The Morgan fingerprint density at radius 2 is 1.67 bits per heavy atom. The van der Waals surface area contributed by atoms with E-state index >= 15 is 0 Å². The third-order valence-corrected chi connectivity index (χ3v) is 5.46. The lowest BCUT2D eigenvalue weighted by atomic mass is 9.96.